The van der Waals surface area contributed by atoms with Crippen molar-refractivity contribution in [2.45, 2.75) is 26.4 Å². The van der Waals surface area contributed by atoms with Gasteiger partial charge in [-0.2, -0.15) is 5.10 Å². The minimum atomic E-state index is -0.269. The van der Waals surface area contributed by atoms with Crippen LogP contribution in [-0.4, -0.2) is 20.1 Å². The molecule has 0 saturated carbocycles. The number of fused-ring (bicyclic) bond motifs is 3. The molecule has 0 fully saturated rings. The summed E-state index contributed by atoms with van der Waals surface area (Å²) in [5.41, 5.74) is 2.23. The summed E-state index contributed by atoms with van der Waals surface area (Å²) < 4.78 is 4.99. The first-order chi connectivity index (χ1) is 13.1. The van der Waals surface area contributed by atoms with Crippen LogP contribution in [0.5, 0.6) is 0 Å². The fourth-order valence-electron chi connectivity index (χ4n) is 2.96. The maximum absolute atomic E-state index is 12.7. The van der Waals surface area contributed by atoms with Gasteiger partial charge in [-0.3, -0.25) is 14.0 Å². The van der Waals surface area contributed by atoms with Crippen molar-refractivity contribution in [3.63, 3.8) is 0 Å². The van der Waals surface area contributed by atoms with Crippen LogP contribution in [0.2, 0.25) is 0 Å². The molecule has 0 saturated heterocycles. The normalized spacial score (nSPS) is 11.3. The van der Waals surface area contributed by atoms with Crippen LogP contribution in [0.4, 0.5) is 0 Å². The number of hydrogen-bond acceptors (Lipinski definition) is 4. The Kier molecular flexibility index (Phi) is 4.84. The fraction of sp³-hybridized carbons (Fsp3) is 0.211. The Balaban J connectivity index is 1.55. The van der Waals surface area contributed by atoms with Gasteiger partial charge in [0.1, 0.15) is 18.4 Å². The molecule has 0 radical (unpaired) electrons. The average molecular weight is 445 g/mol. The molecule has 1 N–H and O–H groups in total. The van der Waals surface area contributed by atoms with Crippen LogP contribution in [0.25, 0.3) is 15.7 Å². The van der Waals surface area contributed by atoms with Crippen LogP contribution in [-0.2, 0) is 24.3 Å². The summed E-state index contributed by atoms with van der Waals surface area (Å²) in [6.07, 6.45) is 2.57. The Hall–Kier alpha value is -2.45. The highest BCUT2D eigenvalue weighted by atomic mass is 79.9. The number of carbonyl (C=O) groups excluding carboxylic acids is 1. The molecule has 4 aromatic rings. The number of aromatic nitrogens is 3. The van der Waals surface area contributed by atoms with Gasteiger partial charge in [0.2, 0.25) is 5.91 Å². The van der Waals surface area contributed by atoms with E-state index in [0.29, 0.717) is 12.1 Å². The first kappa shape index (κ1) is 17.9. The maximum Gasteiger partial charge on any atom is 0.291 e. The number of thiophene rings is 1. The average Bonchev–Trinajstić information content (AvgIpc) is 3.21. The van der Waals surface area contributed by atoms with E-state index in [0.717, 1.165) is 26.7 Å². The number of carbonyl (C=O) groups is 1. The molecule has 138 valence electrons. The first-order valence-electron chi connectivity index (χ1n) is 8.56. The fourth-order valence-corrected chi connectivity index (χ4v) is 4.42. The molecule has 8 heteroatoms. The molecule has 27 heavy (non-hydrogen) atoms. The van der Waals surface area contributed by atoms with Gasteiger partial charge in [-0.1, -0.05) is 41.1 Å². The topological polar surface area (TPSA) is 68.4 Å². The number of hydrogen-bond donors (Lipinski definition) is 1. The lowest BCUT2D eigenvalue weighted by atomic mass is 10.2. The van der Waals surface area contributed by atoms with E-state index in [9.17, 15) is 9.59 Å². The van der Waals surface area contributed by atoms with E-state index in [-0.39, 0.29) is 18.0 Å². The van der Waals surface area contributed by atoms with Crippen molar-refractivity contribution in [2.24, 2.45) is 0 Å². The maximum atomic E-state index is 12.7. The van der Waals surface area contributed by atoms with Gasteiger partial charge < -0.3 is 5.32 Å². The molecule has 0 unspecified atom stereocenters. The van der Waals surface area contributed by atoms with E-state index < -0.39 is 0 Å². The van der Waals surface area contributed by atoms with Crippen LogP contribution in [0.3, 0.4) is 0 Å². The van der Waals surface area contributed by atoms with E-state index in [2.05, 4.69) is 39.3 Å². The summed E-state index contributed by atoms with van der Waals surface area (Å²) in [4.78, 5) is 26.2. The van der Waals surface area contributed by atoms with Crippen LogP contribution in [0, 0.1) is 0 Å². The number of halogens is 1. The van der Waals surface area contributed by atoms with Gasteiger partial charge in [0.15, 0.2) is 0 Å². The number of rotatable bonds is 5. The van der Waals surface area contributed by atoms with Crippen molar-refractivity contribution >= 4 is 48.9 Å². The third-order valence-electron chi connectivity index (χ3n) is 4.41. The molecule has 0 aliphatic carbocycles. The minimum Gasteiger partial charge on any atom is -0.350 e. The summed E-state index contributed by atoms with van der Waals surface area (Å²) in [6.45, 7) is 2.38. The Morgan fingerprint density at radius 1 is 1.26 bits per heavy atom. The quantitative estimate of drug-likeness (QED) is 0.513. The zero-order valence-corrected chi connectivity index (χ0v) is 17.0. The lowest BCUT2D eigenvalue weighted by molar-refractivity contribution is -0.122. The van der Waals surface area contributed by atoms with Crippen molar-refractivity contribution in [3.05, 3.63) is 68.0 Å². The van der Waals surface area contributed by atoms with Crippen molar-refractivity contribution in [2.75, 3.05) is 0 Å². The molecule has 6 nitrogen and oxygen atoms in total. The number of nitrogens with one attached hydrogen (secondary N) is 1. The molecule has 0 spiro atoms. The third-order valence-corrected chi connectivity index (χ3v) is 6.40. The lowest BCUT2D eigenvalue weighted by Crippen LogP contribution is -2.34. The van der Waals surface area contributed by atoms with Crippen molar-refractivity contribution in [1.82, 2.24) is 19.5 Å². The first-order valence-corrected chi connectivity index (χ1v) is 10.2. The highest BCUT2D eigenvalue weighted by Gasteiger charge is 2.13. The molecule has 0 atom stereocenters. The van der Waals surface area contributed by atoms with Gasteiger partial charge >= 0.3 is 0 Å². The summed E-state index contributed by atoms with van der Waals surface area (Å²) in [5.74, 6) is -0.258. The molecule has 0 aliphatic heterocycles. The van der Waals surface area contributed by atoms with Crippen LogP contribution < -0.4 is 10.9 Å². The third kappa shape index (κ3) is 3.42. The Bertz CT molecular complexity index is 1210. The zero-order chi connectivity index (χ0) is 19.0. The number of nitrogens with zero attached hydrogens (tertiary/aromatic N) is 3. The molecule has 1 aromatic carbocycles. The van der Waals surface area contributed by atoms with Crippen molar-refractivity contribution < 1.29 is 4.79 Å². The van der Waals surface area contributed by atoms with E-state index in [4.69, 9.17) is 0 Å². The second-order valence-corrected chi connectivity index (χ2v) is 8.20. The van der Waals surface area contributed by atoms with Crippen molar-refractivity contribution in [1.29, 1.82) is 0 Å². The Morgan fingerprint density at radius 2 is 2.07 bits per heavy atom. The second-order valence-electron chi connectivity index (χ2n) is 6.18. The predicted octanol–water partition coefficient (Wildman–Crippen LogP) is 3.35. The van der Waals surface area contributed by atoms with E-state index in [1.54, 1.807) is 22.1 Å². The summed E-state index contributed by atoms with van der Waals surface area (Å²) >= 11 is 5.13. The highest BCUT2D eigenvalue weighted by Crippen LogP contribution is 2.28. The van der Waals surface area contributed by atoms with Gasteiger partial charge in [-0.15, -0.1) is 11.3 Å². The molecular weight excluding hydrogens is 428 g/mol. The van der Waals surface area contributed by atoms with E-state index >= 15 is 0 Å². The highest BCUT2D eigenvalue weighted by molar-refractivity contribution is 9.10. The Morgan fingerprint density at radius 3 is 2.85 bits per heavy atom. The van der Waals surface area contributed by atoms with Gasteiger partial charge in [0.25, 0.3) is 5.56 Å². The van der Waals surface area contributed by atoms with Crippen LogP contribution in [0.15, 0.2) is 52.0 Å². The molecule has 0 bridgehead atoms. The predicted molar refractivity (Wildman–Crippen MR) is 110 cm³/mol. The number of benzene rings is 1. The number of amides is 1. The van der Waals surface area contributed by atoms with Gasteiger partial charge in [0.05, 0.1) is 10.2 Å². The SMILES string of the molecule is CCc1cc2c(cc3c(=O)n(CC(=O)NCc4ccccc4Br)ncn32)s1. The lowest BCUT2D eigenvalue weighted by Gasteiger charge is -2.08. The largest absolute Gasteiger partial charge is 0.350 e. The van der Waals surface area contributed by atoms with Gasteiger partial charge in [0, 0.05) is 15.9 Å². The Labute approximate surface area is 167 Å². The molecule has 0 aliphatic rings. The summed E-state index contributed by atoms with van der Waals surface area (Å²) in [7, 11) is 0. The van der Waals surface area contributed by atoms with Crippen LogP contribution >= 0.6 is 27.3 Å². The van der Waals surface area contributed by atoms with Crippen molar-refractivity contribution in [3.8, 4) is 0 Å². The minimum absolute atomic E-state index is 0.112. The monoisotopic (exact) mass is 444 g/mol. The van der Waals surface area contributed by atoms with E-state index in [1.807, 2.05) is 30.3 Å². The standard InChI is InChI=1S/C19H17BrN4O2S/c1-2-13-7-15-17(27-13)8-16-19(26)24(22-11-23(15)16)10-18(25)21-9-12-5-3-4-6-14(12)20/h3-8,11H,2,9-10H2,1H3,(H,21,25). The zero-order valence-electron chi connectivity index (χ0n) is 14.6. The van der Waals surface area contributed by atoms with E-state index in [1.165, 1.54) is 9.56 Å². The van der Waals surface area contributed by atoms with Gasteiger partial charge in [-0.25, -0.2) is 4.68 Å². The molecule has 3 aromatic heterocycles. The number of aryl methyl sites for hydroxylation is 1. The van der Waals surface area contributed by atoms with Gasteiger partial charge in [-0.05, 0) is 30.2 Å². The van der Waals surface area contributed by atoms with Crippen LogP contribution in [0.1, 0.15) is 17.4 Å². The molecule has 1 amide bonds. The summed E-state index contributed by atoms with van der Waals surface area (Å²) in [5, 5.41) is 7.00. The molecular formula is C19H17BrN4O2S. The smallest absolute Gasteiger partial charge is 0.291 e. The molecule has 4 rings (SSSR count). The second kappa shape index (κ2) is 7.28. The molecule has 3 heterocycles. The summed E-state index contributed by atoms with van der Waals surface area (Å²) in [6, 6.07) is 11.6.